The van der Waals surface area contributed by atoms with Crippen molar-refractivity contribution in [1.82, 2.24) is 0 Å². The molecule has 0 saturated heterocycles. The van der Waals surface area contributed by atoms with E-state index in [1.54, 1.807) is 0 Å². The quantitative estimate of drug-likeness (QED) is 0.438. The van der Waals surface area contributed by atoms with Gasteiger partial charge in [-0.25, -0.2) is 0 Å². The Balaban J connectivity index is -0.00000000848. The zero-order valence-corrected chi connectivity index (χ0v) is 6.28. The van der Waals surface area contributed by atoms with Crippen LogP contribution in [0, 0.1) is 5.92 Å². The highest BCUT2D eigenvalue weighted by molar-refractivity contribution is 4.20. The van der Waals surface area contributed by atoms with E-state index in [4.69, 9.17) is 0 Å². The standard InChI is InChI=1S/C4H10.C3H8.4CH4/c1-4(2)3;1-3-2;;;;/h4H,1-3H3;3H2,1-2H3;4*1H4. The predicted molar refractivity (Wildman–Crippen MR) is 63.4 cm³/mol. The van der Waals surface area contributed by atoms with E-state index in [1.165, 1.54) is 6.42 Å². The van der Waals surface area contributed by atoms with Gasteiger partial charge in [0, 0.05) is 0 Å². The van der Waals surface area contributed by atoms with Crippen LogP contribution in [-0.4, -0.2) is 0 Å². The van der Waals surface area contributed by atoms with Crippen LogP contribution in [-0.2, 0) is 0 Å². The molecule has 0 aliphatic heterocycles. The van der Waals surface area contributed by atoms with Crippen LogP contribution >= 0.6 is 0 Å². The van der Waals surface area contributed by atoms with E-state index < -0.39 is 0 Å². The van der Waals surface area contributed by atoms with E-state index in [9.17, 15) is 0 Å². The van der Waals surface area contributed by atoms with E-state index in [-0.39, 0.29) is 29.7 Å². The molecule has 0 amide bonds. The molecule has 78 valence electrons. The van der Waals surface area contributed by atoms with Crippen molar-refractivity contribution in [3.63, 3.8) is 0 Å². The second kappa shape index (κ2) is 50.6. The number of hydrogen-bond acceptors (Lipinski definition) is 0. The Labute approximate surface area is 77.4 Å². The molecule has 0 rings (SSSR count). The molecule has 0 aliphatic carbocycles. The van der Waals surface area contributed by atoms with Crippen molar-refractivity contribution in [3.05, 3.63) is 0 Å². The molecule has 11 heavy (non-hydrogen) atoms. The highest BCUT2D eigenvalue weighted by Crippen LogP contribution is 1.81. The van der Waals surface area contributed by atoms with Crippen LogP contribution in [0.3, 0.4) is 0 Å². The Morgan fingerprint density at radius 2 is 0.727 bits per heavy atom. The predicted octanol–water partition coefficient (Wildman–Crippen LogP) is 5.62. The van der Waals surface area contributed by atoms with Gasteiger partial charge in [0.15, 0.2) is 0 Å². The summed E-state index contributed by atoms with van der Waals surface area (Å²) in [4.78, 5) is 0. The van der Waals surface area contributed by atoms with Gasteiger partial charge in [-0.05, 0) is 5.92 Å². The minimum Gasteiger partial charge on any atom is -0.0776 e. The molecule has 0 bridgehead atoms. The lowest BCUT2D eigenvalue weighted by atomic mass is 10.3. The van der Waals surface area contributed by atoms with Crippen molar-refractivity contribution in [2.45, 2.75) is 70.7 Å². The van der Waals surface area contributed by atoms with Gasteiger partial charge in [0.2, 0.25) is 0 Å². The second-order valence-electron chi connectivity index (χ2n) is 2.44. The molecule has 0 aromatic rings. The summed E-state index contributed by atoms with van der Waals surface area (Å²) < 4.78 is 0. The lowest BCUT2D eigenvalue weighted by Gasteiger charge is -1.79. The highest BCUT2D eigenvalue weighted by atomic mass is 13.7. The Morgan fingerprint density at radius 3 is 0.727 bits per heavy atom. The van der Waals surface area contributed by atoms with Crippen LogP contribution in [0.5, 0.6) is 0 Å². The van der Waals surface area contributed by atoms with Crippen LogP contribution in [0.25, 0.3) is 0 Å². The first-order chi connectivity index (χ1) is 3.15. The van der Waals surface area contributed by atoms with Gasteiger partial charge in [0.05, 0.1) is 0 Å². The van der Waals surface area contributed by atoms with E-state index in [0.717, 1.165) is 5.92 Å². The third-order valence-corrected chi connectivity index (χ3v) is 0. The Bertz CT molecular complexity index is 11.2. The molecular formula is C11H34. The maximum atomic E-state index is 2.17. The van der Waals surface area contributed by atoms with Crippen molar-refractivity contribution in [1.29, 1.82) is 0 Å². The zero-order chi connectivity index (χ0) is 6.28. The third kappa shape index (κ3) is 0. The van der Waals surface area contributed by atoms with E-state index >= 15 is 0 Å². The van der Waals surface area contributed by atoms with Gasteiger partial charge >= 0.3 is 0 Å². The van der Waals surface area contributed by atoms with Gasteiger partial charge in [-0.3, -0.25) is 0 Å². The average molecular weight is 166 g/mol. The lowest BCUT2D eigenvalue weighted by Crippen LogP contribution is -1.66. The summed E-state index contributed by atoms with van der Waals surface area (Å²) >= 11 is 0. The fourth-order valence-electron chi connectivity index (χ4n) is 0. The summed E-state index contributed by atoms with van der Waals surface area (Å²) in [5.74, 6) is 0.833. The van der Waals surface area contributed by atoms with Crippen LogP contribution in [0.2, 0.25) is 0 Å². The summed E-state index contributed by atoms with van der Waals surface area (Å²) in [5.41, 5.74) is 0. The Kier molecular flexibility index (Phi) is 202. The molecule has 0 radical (unpaired) electrons. The van der Waals surface area contributed by atoms with E-state index in [2.05, 4.69) is 34.6 Å². The van der Waals surface area contributed by atoms with Crippen LogP contribution in [0.4, 0.5) is 0 Å². The topological polar surface area (TPSA) is 0 Å². The summed E-state index contributed by atoms with van der Waals surface area (Å²) in [5, 5.41) is 0. The smallest absolute Gasteiger partial charge is 0.0500 e. The first-order valence-corrected chi connectivity index (χ1v) is 3.15. The fraction of sp³-hybridized carbons (Fsp3) is 1.00. The normalized spacial score (nSPS) is 4.91. The SMILES string of the molecule is C.C.C.C.CC(C)C.CCC. The summed E-state index contributed by atoms with van der Waals surface area (Å²) in [6.07, 6.45) is 1.25. The Morgan fingerprint density at radius 1 is 0.727 bits per heavy atom. The maximum absolute atomic E-state index is 2.17. The van der Waals surface area contributed by atoms with Crippen molar-refractivity contribution in [2.24, 2.45) is 5.92 Å². The van der Waals surface area contributed by atoms with Gasteiger partial charge < -0.3 is 0 Å². The maximum Gasteiger partial charge on any atom is -0.0500 e. The molecule has 0 N–H and O–H groups in total. The van der Waals surface area contributed by atoms with Crippen LogP contribution < -0.4 is 0 Å². The third-order valence-electron chi connectivity index (χ3n) is 0. The molecule has 0 saturated carbocycles. The minimum absolute atomic E-state index is 0. The monoisotopic (exact) mass is 166 g/mol. The molecular weight excluding hydrogens is 132 g/mol. The molecule has 0 heteroatoms. The lowest BCUT2D eigenvalue weighted by molar-refractivity contribution is 0.737. The van der Waals surface area contributed by atoms with Crippen molar-refractivity contribution < 1.29 is 0 Å². The first-order valence-electron chi connectivity index (χ1n) is 3.15. The molecule has 0 atom stereocenters. The highest BCUT2D eigenvalue weighted by Gasteiger charge is 1.68. The molecule has 0 unspecified atom stereocenters. The number of hydrogen-bond donors (Lipinski definition) is 0. The van der Waals surface area contributed by atoms with Crippen LogP contribution in [0.15, 0.2) is 0 Å². The molecule has 0 aliphatic rings. The van der Waals surface area contributed by atoms with Gasteiger partial charge in [-0.15, -0.1) is 0 Å². The zero-order valence-electron chi connectivity index (χ0n) is 6.28. The van der Waals surface area contributed by atoms with Crippen LogP contribution in [0.1, 0.15) is 70.7 Å². The van der Waals surface area contributed by atoms with Crippen molar-refractivity contribution in [3.8, 4) is 0 Å². The molecule has 0 fully saturated rings. The van der Waals surface area contributed by atoms with E-state index in [1.807, 2.05) is 0 Å². The van der Waals surface area contributed by atoms with Gasteiger partial charge in [-0.2, -0.15) is 0 Å². The van der Waals surface area contributed by atoms with Crippen molar-refractivity contribution in [2.75, 3.05) is 0 Å². The minimum atomic E-state index is 0. The second-order valence-corrected chi connectivity index (χ2v) is 2.44. The Hall–Kier alpha value is 0. The van der Waals surface area contributed by atoms with Crippen molar-refractivity contribution >= 4 is 0 Å². The van der Waals surface area contributed by atoms with Gasteiger partial charge in [-0.1, -0.05) is 70.7 Å². The molecule has 0 aromatic heterocycles. The molecule has 0 nitrogen and oxygen atoms in total. The summed E-state index contributed by atoms with van der Waals surface area (Å²) in [6.45, 7) is 10.8. The molecule has 0 spiro atoms. The number of rotatable bonds is 0. The summed E-state index contributed by atoms with van der Waals surface area (Å²) in [7, 11) is 0. The largest absolute Gasteiger partial charge is 0.0776 e. The fourth-order valence-corrected chi connectivity index (χ4v) is 0. The van der Waals surface area contributed by atoms with E-state index in [0.29, 0.717) is 0 Å². The van der Waals surface area contributed by atoms with Gasteiger partial charge in [0.1, 0.15) is 0 Å². The first kappa shape index (κ1) is 44.0. The average Bonchev–Trinajstić information content (AvgIpc) is 1.33. The molecule has 0 aromatic carbocycles. The molecule has 0 heterocycles. The summed E-state index contributed by atoms with van der Waals surface area (Å²) in [6, 6.07) is 0. The van der Waals surface area contributed by atoms with Gasteiger partial charge in [0.25, 0.3) is 0 Å².